The normalized spacial score (nSPS) is 13.2. The summed E-state index contributed by atoms with van der Waals surface area (Å²) in [6.07, 6.45) is 0. The molecule has 0 bridgehead atoms. The molecule has 0 heterocycles. The van der Waals surface area contributed by atoms with Gasteiger partial charge < -0.3 is 4.90 Å². The molecule has 77 valence electrons. The summed E-state index contributed by atoms with van der Waals surface area (Å²) in [6, 6.07) is 0. The third-order valence-corrected chi connectivity index (χ3v) is 2.17. The van der Waals surface area contributed by atoms with Gasteiger partial charge in [0.25, 0.3) is 0 Å². The number of rotatable bonds is 6. The summed E-state index contributed by atoms with van der Waals surface area (Å²) < 4.78 is 0. The summed E-state index contributed by atoms with van der Waals surface area (Å²) in [5.74, 6) is 0. The topological polar surface area (TPSA) is 10.9 Å². The van der Waals surface area contributed by atoms with Crippen LogP contribution in [-0.2, 0) is 32.7 Å². The Balaban J connectivity index is 0. The van der Waals surface area contributed by atoms with E-state index in [1.807, 2.05) is 0 Å². The van der Waals surface area contributed by atoms with Crippen LogP contribution in [0, 0.1) is 0 Å². The van der Waals surface area contributed by atoms with Gasteiger partial charge in [0, 0.05) is 32.7 Å². The van der Waals surface area contributed by atoms with Crippen molar-refractivity contribution in [1.29, 1.82) is 0 Å². The molecule has 0 amide bonds. The summed E-state index contributed by atoms with van der Waals surface area (Å²) in [5.41, 5.74) is 0. The summed E-state index contributed by atoms with van der Waals surface area (Å²) in [6.45, 7) is 8.90. The van der Waals surface area contributed by atoms with Crippen LogP contribution in [-0.4, -0.2) is 57.4 Å². The van der Waals surface area contributed by atoms with E-state index in [0.29, 0.717) is 0 Å². The molecule has 1 radical (unpaired) electrons. The van der Waals surface area contributed by atoms with Crippen LogP contribution in [0.4, 0.5) is 0 Å². The molecule has 1 N–H and O–H groups in total. The van der Waals surface area contributed by atoms with Crippen molar-refractivity contribution < 1.29 is 37.6 Å². The van der Waals surface area contributed by atoms with Gasteiger partial charge in [-0.2, -0.15) is 0 Å². The minimum atomic E-state index is 0. The third-order valence-electron chi connectivity index (χ3n) is 2.17. The number of hydrogen-bond acceptors (Lipinski definition) is 2. The van der Waals surface area contributed by atoms with Gasteiger partial charge >= 0.3 is 0 Å². The Bertz CT molecular complexity index is 99.0. The van der Waals surface area contributed by atoms with Gasteiger partial charge in [0.15, 0.2) is 0 Å². The molecule has 0 aliphatic carbocycles. The van der Waals surface area contributed by atoms with Gasteiger partial charge in [-0.05, 0) is 27.6 Å². The van der Waals surface area contributed by atoms with Crippen molar-refractivity contribution in [3.05, 3.63) is 0 Å². The summed E-state index contributed by atoms with van der Waals surface area (Å²) >= 11 is 0. The molecule has 3 nitrogen and oxygen atoms in total. The molecular weight excluding hydrogens is 239 g/mol. The molecule has 0 saturated carbocycles. The van der Waals surface area contributed by atoms with E-state index < -0.39 is 0 Å². The van der Waals surface area contributed by atoms with Crippen molar-refractivity contribution in [3.63, 3.8) is 0 Å². The van der Waals surface area contributed by atoms with Crippen molar-refractivity contribution in [2.45, 2.75) is 13.8 Å². The smallest absolute Gasteiger partial charge is 0.134 e. The predicted molar refractivity (Wildman–Crippen MR) is 53.2 cm³/mol. The molecule has 4 heteroatoms. The molecule has 0 aromatic carbocycles. The Hall–Kier alpha value is 0.984. The summed E-state index contributed by atoms with van der Waals surface area (Å²) in [7, 11) is 6.55. The molecule has 0 aliphatic heterocycles. The first-order chi connectivity index (χ1) is 5.60. The van der Waals surface area contributed by atoms with Crippen LogP contribution in [0.25, 0.3) is 0 Å². The standard InChI is InChI=1S/C9H23N3.Y/c1-6-10(3)8-12(5)9-11(4)7-2;/h6-9H2,1-5H3;/p+1. The second-order valence-electron chi connectivity index (χ2n) is 3.64. The SMILES string of the molecule is CCN(C)CN(C)C[NH+](C)CC.[Y]. The number of quaternary nitrogens is 1. The van der Waals surface area contributed by atoms with E-state index in [-0.39, 0.29) is 32.7 Å². The molecule has 0 aromatic heterocycles. The van der Waals surface area contributed by atoms with Crippen LogP contribution < -0.4 is 4.90 Å². The van der Waals surface area contributed by atoms with Gasteiger partial charge in [-0.15, -0.1) is 0 Å². The fourth-order valence-corrected chi connectivity index (χ4v) is 1.13. The molecule has 0 saturated heterocycles. The Morgan fingerprint density at radius 1 is 1.08 bits per heavy atom. The second-order valence-corrected chi connectivity index (χ2v) is 3.64. The summed E-state index contributed by atoms with van der Waals surface area (Å²) in [4.78, 5) is 6.22. The second kappa shape index (κ2) is 9.54. The first kappa shape index (κ1) is 16.4. The Morgan fingerprint density at radius 3 is 2.00 bits per heavy atom. The van der Waals surface area contributed by atoms with Crippen LogP contribution >= 0.6 is 0 Å². The monoisotopic (exact) mass is 263 g/mol. The first-order valence-electron chi connectivity index (χ1n) is 4.78. The number of nitrogens with one attached hydrogen (secondary N) is 1. The third kappa shape index (κ3) is 9.29. The van der Waals surface area contributed by atoms with Gasteiger partial charge in [0.1, 0.15) is 6.67 Å². The molecule has 0 rings (SSSR count). The van der Waals surface area contributed by atoms with Crippen molar-refractivity contribution >= 4 is 0 Å². The van der Waals surface area contributed by atoms with Gasteiger partial charge in [-0.1, -0.05) is 6.92 Å². The predicted octanol–water partition coefficient (Wildman–Crippen LogP) is -0.683. The Kier molecular flexibility index (Phi) is 12.0. The maximum absolute atomic E-state index is 2.35. The molecule has 0 spiro atoms. The van der Waals surface area contributed by atoms with Crippen LogP contribution in [0.5, 0.6) is 0 Å². The van der Waals surface area contributed by atoms with Crippen molar-refractivity contribution in [1.82, 2.24) is 9.80 Å². The quantitative estimate of drug-likeness (QED) is 0.637. The molecular formula is C9H24N3Y+. The van der Waals surface area contributed by atoms with Crippen molar-refractivity contribution in [3.8, 4) is 0 Å². The van der Waals surface area contributed by atoms with E-state index in [4.69, 9.17) is 0 Å². The average molecular weight is 263 g/mol. The molecule has 1 atom stereocenters. The van der Waals surface area contributed by atoms with Gasteiger partial charge in [-0.3, -0.25) is 4.90 Å². The summed E-state index contributed by atoms with van der Waals surface area (Å²) in [5, 5.41) is 0. The Labute approximate surface area is 108 Å². The zero-order valence-electron chi connectivity index (χ0n) is 9.80. The van der Waals surface area contributed by atoms with E-state index in [9.17, 15) is 0 Å². The molecule has 0 fully saturated rings. The van der Waals surface area contributed by atoms with Gasteiger partial charge in [0.05, 0.1) is 20.3 Å². The fourth-order valence-electron chi connectivity index (χ4n) is 1.13. The largest absolute Gasteiger partial charge is 0.325 e. The number of hydrogen-bond donors (Lipinski definition) is 1. The van der Waals surface area contributed by atoms with Crippen LogP contribution in [0.15, 0.2) is 0 Å². The fraction of sp³-hybridized carbons (Fsp3) is 1.00. The first-order valence-corrected chi connectivity index (χ1v) is 4.78. The molecule has 0 aliphatic rings. The van der Waals surface area contributed by atoms with Crippen LogP contribution in [0.3, 0.4) is 0 Å². The van der Waals surface area contributed by atoms with Gasteiger partial charge in [-0.25, -0.2) is 4.90 Å². The molecule has 0 aromatic rings. The minimum absolute atomic E-state index is 0. The van der Waals surface area contributed by atoms with E-state index >= 15 is 0 Å². The van der Waals surface area contributed by atoms with E-state index in [2.05, 4.69) is 44.8 Å². The number of nitrogens with zero attached hydrogens (tertiary/aromatic N) is 2. The Morgan fingerprint density at radius 2 is 1.62 bits per heavy atom. The van der Waals surface area contributed by atoms with Crippen LogP contribution in [0.1, 0.15) is 13.8 Å². The molecule has 1 unspecified atom stereocenters. The zero-order chi connectivity index (χ0) is 9.56. The maximum Gasteiger partial charge on any atom is 0.134 e. The average Bonchev–Trinajstić information content (AvgIpc) is 2.03. The van der Waals surface area contributed by atoms with E-state index in [1.165, 1.54) is 6.54 Å². The maximum atomic E-state index is 2.35. The minimum Gasteiger partial charge on any atom is -0.325 e. The van der Waals surface area contributed by atoms with Crippen LogP contribution in [0.2, 0.25) is 0 Å². The van der Waals surface area contributed by atoms with Crippen molar-refractivity contribution in [2.24, 2.45) is 0 Å². The van der Waals surface area contributed by atoms with Crippen molar-refractivity contribution in [2.75, 3.05) is 47.6 Å². The van der Waals surface area contributed by atoms with E-state index in [0.717, 1.165) is 19.9 Å². The molecule has 13 heavy (non-hydrogen) atoms. The zero-order valence-corrected chi connectivity index (χ0v) is 12.6. The van der Waals surface area contributed by atoms with E-state index in [1.54, 1.807) is 4.90 Å². The van der Waals surface area contributed by atoms with Gasteiger partial charge in [0.2, 0.25) is 0 Å².